The molecular formula is C10H32O3Si5. The van der Waals surface area contributed by atoms with Crippen LogP contribution in [0.1, 0.15) is 0 Å². The van der Waals surface area contributed by atoms with Gasteiger partial charge in [-0.25, -0.2) is 0 Å². The SMILES string of the molecule is C[SiH2]O[Si](C)(C[SiH3])C(O[Si](C)(C)C)O[Si](C)(C)C. The summed E-state index contributed by atoms with van der Waals surface area (Å²) in [6, 6.07) is 0. The van der Waals surface area contributed by atoms with E-state index in [1.165, 1.54) is 15.9 Å². The molecule has 3 nitrogen and oxygen atoms in total. The Kier molecular flexibility index (Phi) is 7.49. The molecule has 8 heteroatoms. The van der Waals surface area contributed by atoms with Gasteiger partial charge in [0.25, 0.3) is 0 Å². The summed E-state index contributed by atoms with van der Waals surface area (Å²) in [5.41, 5.74) is 1.20. The molecule has 18 heavy (non-hydrogen) atoms. The molecule has 1 atom stereocenters. The van der Waals surface area contributed by atoms with Gasteiger partial charge in [0.2, 0.25) is 8.32 Å². The van der Waals surface area contributed by atoms with Gasteiger partial charge in [0.15, 0.2) is 16.6 Å². The van der Waals surface area contributed by atoms with Gasteiger partial charge in [0.05, 0.1) is 0 Å². The van der Waals surface area contributed by atoms with Crippen LogP contribution in [0, 0.1) is 0 Å². The maximum absolute atomic E-state index is 6.35. The lowest BCUT2D eigenvalue weighted by Crippen LogP contribution is -2.57. The van der Waals surface area contributed by atoms with E-state index in [1.54, 1.807) is 0 Å². The summed E-state index contributed by atoms with van der Waals surface area (Å²) in [4.78, 5) is 0. The van der Waals surface area contributed by atoms with Gasteiger partial charge in [-0.15, -0.1) is 0 Å². The highest BCUT2D eigenvalue weighted by molar-refractivity contribution is 6.83. The topological polar surface area (TPSA) is 27.7 Å². The molecular weight excluding hydrogens is 309 g/mol. The van der Waals surface area contributed by atoms with Crippen molar-refractivity contribution < 1.29 is 13.0 Å². The van der Waals surface area contributed by atoms with Crippen LogP contribution in [-0.2, 0) is 13.0 Å². The number of rotatable bonds is 8. The van der Waals surface area contributed by atoms with Gasteiger partial charge in [-0.2, -0.15) is 0 Å². The summed E-state index contributed by atoms with van der Waals surface area (Å²) in [5.74, 6) is -0.0409. The van der Waals surface area contributed by atoms with Gasteiger partial charge in [-0.05, 0) is 51.5 Å². The van der Waals surface area contributed by atoms with E-state index in [0.717, 1.165) is 0 Å². The molecule has 0 aliphatic rings. The molecule has 0 saturated heterocycles. The maximum atomic E-state index is 6.35. The number of hydrogen-bond donors (Lipinski definition) is 0. The first-order chi connectivity index (χ1) is 7.93. The van der Waals surface area contributed by atoms with Crippen molar-refractivity contribution >= 4 is 45.0 Å². The van der Waals surface area contributed by atoms with Crippen LogP contribution < -0.4 is 0 Å². The molecule has 0 aliphatic carbocycles. The van der Waals surface area contributed by atoms with E-state index in [9.17, 15) is 0 Å². The fourth-order valence-electron chi connectivity index (χ4n) is 1.58. The zero-order valence-electron chi connectivity index (χ0n) is 13.7. The first kappa shape index (κ1) is 19.0. The molecule has 0 aromatic heterocycles. The zero-order chi connectivity index (χ0) is 14.6. The molecule has 0 N–H and O–H groups in total. The van der Waals surface area contributed by atoms with Crippen molar-refractivity contribution in [2.24, 2.45) is 0 Å². The summed E-state index contributed by atoms with van der Waals surface area (Å²) in [6.07, 6.45) is 0. The van der Waals surface area contributed by atoms with E-state index in [4.69, 9.17) is 13.0 Å². The second-order valence-electron chi connectivity index (χ2n) is 6.89. The summed E-state index contributed by atoms with van der Waals surface area (Å²) >= 11 is 0. The average molecular weight is 341 g/mol. The molecule has 0 spiro atoms. The fraction of sp³-hybridized carbons (Fsp3) is 1.00. The van der Waals surface area contributed by atoms with Crippen LogP contribution >= 0.6 is 0 Å². The van der Waals surface area contributed by atoms with Crippen molar-refractivity contribution in [1.82, 2.24) is 0 Å². The summed E-state index contributed by atoms with van der Waals surface area (Å²) in [6.45, 7) is 17.9. The van der Waals surface area contributed by atoms with Gasteiger partial charge in [0, 0.05) is 10.2 Å². The Morgan fingerprint density at radius 1 is 0.944 bits per heavy atom. The van der Waals surface area contributed by atoms with Crippen LogP contribution in [0.25, 0.3) is 0 Å². The highest BCUT2D eigenvalue weighted by Crippen LogP contribution is 2.25. The minimum atomic E-state index is -1.82. The van der Waals surface area contributed by atoms with Crippen molar-refractivity contribution in [3.05, 3.63) is 0 Å². The van der Waals surface area contributed by atoms with E-state index in [-0.39, 0.29) is 5.91 Å². The molecule has 0 amide bonds. The normalized spacial score (nSPS) is 17.8. The van der Waals surface area contributed by atoms with E-state index >= 15 is 0 Å². The van der Waals surface area contributed by atoms with Crippen molar-refractivity contribution in [2.75, 3.05) is 0 Å². The zero-order valence-corrected chi connectivity index (χ0v) is 20.1. The van der Waals surface area contributed by atoms with Crippen LogP contribution in [0.4, 0.5) is 0 Å². The Balaban J connectivity index is 5.05. The molecule has 0 saturated carbocycles. The van der Waals surface area contributed by atoms with Gasteiger partial charge in [-0.3, -0.25) is 0 Å². The predicted octanol–water partition coefficient (Wildman–Crippen LogP) is 1.60. The van der Waals surface area contributed by atoms with Gasteiger partial charge < -0.3 is 13.0 Å². The lowest BCUT2D eigenvalue weighted by molar-refractivity contribution is 0.0426. The van der Waals surface area contributed by atoms with Gasteiger partial charge >= 0.3 is 0 Å². The largest absolute Gasteiger partial charge is 0.458 e. The molecule has 1 unspecified atom stereocenters. The minimum Gasteiger partial charge on any atom is -0.458 e. The monoisotopic (exact) mass is 340 g/mol. The number of hydrogen-bond acceptors (Lipinski definition) is 3. The first-order valence-electron chi connectivity index (χ1n) is 6.93. The molecule has 0 aromatic carbocycles. The van der Waals surface area contributed by atoms with Gasteiger partial charge in [0.1, 0.15) is 15.7 Å². The third kappa shape index (κ3) is 7.53. The molecule has 110 valence electrons. The van der Waals surface area contributed by atoms with E-state index < -0.39 is 34.7 Å². The second kappa shape index (κ2) is 7.11. The van der Waals surface area contributed by atoms with Crippen molar-refractivity contribution in [3.8, 4) is 0 Å². The van der Waals surface area contributed by atoms with Crippen molar-refractivity contribution in [3.63, 3.8) is 0 Å². The van der Waals surface area contributed by atoms with E-state index in [0.29, 0.717) is 0 Å². The third-order valence-electron chi connectivity index (χ3n) is 2.60. The highest BCUT2D eigenvalue weighted by atomic mass is 28.4. The van der Waals surface area contributed by atoms with Crippen LogP contribution in [0.2, 0.25) is 58.0 Å². The van der Waals surface area contributed by atoms with Crippen molar-refractivity contribution in [1.29, 1.82) is 0 Å². The Hall–Kier alpha value is 0.964. The Bertz CT molecular complexity index is 235. The third-order valence-corrected chi connectivity index (χ3v) is 15.6. The summed E-state index contributed by atoms with van der Waals surface area (Å²) in [5, 5.41) is 0. The Morgan fingerprint density at radius 2 is 1.33 bits per heavy atom. The lowest BCUT2D eigenvalue weighted by Gasteiger charge is -2.41. The predicted molar refractivity (Wildman–Crippen MR) is 94.5 cm³/mol. The lowest BCUT2D eigenvalue weighted by atomic mass is 11.5. The van der Waals surface area contributed by atoms with Crippen LogP contribution in [-0.4, -0.2) is 50.9 Å². The Morgan fingerprint density at radius 3 is 1.56 bits per heavy atom. The maximum Gasteiger partial charge on any atom is 0.233 e. The van der Waals surface area contributed by atoms with Crippen LogP contribution in [0.5, 0.6) is 0 Å². The van der Waals surface area contributed by atoms with E-state index in [2.05, 4.69) is 52.4 Å². The summed E-state index contributed by atoms with van der Waals surface area (Å²) < 4.78 is 18.9. The second-order valence-corrected chi connectivity index (χ2v) is 23.5. The quantitative estimate of drug-likeness (QED) is 0.496. The standard InChI is InChI=1S/C10H32O3Si5/c1-15-13-18(8,9-14)10(11-16(2,3)4)12-17(5,6)7/h10H,9,15H2,1-8,14H3. The van der Waals surface area contributed by atoms with E-state index in [1.807, 2.05) is 0 Å². The average Bonchev–Trinajstić information content (AvgIpc) is 2.12. The molecule has 0 rings (SSSR count). The van der Waals surface area contributed by atoms with Crippen molar-refractivity contribution in [2.45, 2.75) is 64.0 Å². The van der Waals surface area contributed by atoms with Crippen LogP contribution in [0.3, 0.4) is 0 Å². The minimum absolute atomic E-state index is 0.0409. The summed E-state index contributed by atoms with van der Waals surface area (Å²) in [7, 11) is -4.23. The molecule has 0 bridgehead atoms. The molecule has 0 aliphatic heterocycles. The molecule has 0 aromatic rings. The van der Waals surface area contributed by atoms with Gasteiger partial charge in [-0.1, -0.05) is 6.55 Å². The molecule has 0 heterocycles. The first-order valence-corrected chi connectivity index (χ1v) is 19.8. The Labute approximate surface area is 122 Å². The highest BCUT2D eigenvalue weighted by Gasteiger charge is 2.42. The smallest absolute Gasteiger partial charge is 0.233 e. The van der Waals surface area contributed by atoms with Crippen LogP contribution in [0.15, 0.2) is 0 Å². The molecule has 0 fully saturated rings. The fourth-order valence-corrected chi connectivity index (χ4v) is 14.3. The molecule has 0 radical (unpaired) electrons.